The fourth-order valence-corrected chi connectivity index (χ4v) is 3.08. The van der Waals surface area contributed by atoms with Gasteiger partial charge >= 0.3 is 0 Å². The minimum Gasteiger partial charge on any atom is -0.397 e. The zero-order valence-electron chi connectivity index (χ0n) is 10.5. The van der Waals surface area contributed by atoms with Gasteiger partial charge in [0.15, 0.2) is 0 Å². The molecule has 0 bridgehead atoms. The van der Waals surface area contributed by atoms with Crippen LogP contribution in [0.4, 0.5) is 20.2 Å². The molecule has 2 aromatic carbocycles. The number of benzene rings is 2. The summed E-state index contributed by atoms with van der Waals surface area (Å²) < 4.78 is 53.0. The smallest absolute Gasteiger partial charge is 0.262 e. The zero-order chi connectivity index (χ0) is 14.9. The summed E-state index contributed by atoms with van der Waals surface area (Å²) >= 11 is 0. The number of nitrogen functional groups attached to an aromatic ring is 1. The van der Waals surface area contributed by atoms with Crippen molar-refractivity contribution in [3.8, 4) is 0 Å². The Balaban J connectivity index is 2.46. The van der Waals surface area contributed by atoms with Crippen LogP contribution in [0.2, 0.25) is 0 Å². The molecule has 0 heterocycles. The fourth-order valence-electron chi connectivity index (χ4n) is 1.75. The van der Waals surface area contributed by atoms with Gasteiger partial charge in [0.05, 0.1) is 10.6 Å². The van der Waals surface area contributed by atoms with E-state index < -0.39 is 21.7 Å². The van der Waals surface area contributed by atoms with Crippen LogP contribution in [-0.2, 0) is 10.0 Å². The molecule has 0 aromatic heterocycles. The van der Waals surface area contributed by atoms with Gasteiger partial charge in [0.2, 0.25) is 0 Å². The van der Waals surface area contributed by atoms with Crippen LogP contribution in [-0.4, -0.2) is 8.42 Å². The first-order valence-corrected chi connectivity index (χ1v) is 7.12. The van der Waals surface area contributed by atoms with E-state index in [0.717, 1.165) is 24.3 Å². The van der Waals surface area contributed by atoms with E-state index in [1.165, 1.54) is 19.1 Å². The number of nitrogens with one attached hydrogen (secondary N) is 1. The van der Waals surface area contributed by atoms with E-state index in [1.807, 2.05) is 0 Å². The molecule has 3 N–H and O–H groups in total. The van der Waals surface area contributed by atoms with E-state index in [4.69, 9.17) is 5.73 Å². The minimum absolute atomic E-state index is 0.0339. The first kappa shape index (κ1) is 14.3. The van der Waals surface area contributed by atoms with Crippen molar-refractivity contribution in [2.45, 2.75) is 11.8 Å². The van der Waals surface area contributed by atoms with Crippen molar-refractivity contribution in [2.75, 3.05) is 10.5 Å². The number of sulfonamides is 1. The Morgan fingerprint density at radius 1 is 1.15 bits per heavy atom. The summed E-state index contributed by atoms with van der Waals surface area (Å²) in [5.74, 6) is -1.33. The third kappa shape index (κ3) is 2.72. The predicted octanol–water partition coefficient (Wildman–Crippen LogP) is 2.66. The zero-order valence-corrected chi connectivity index (χ0v) is 11.3. The van der Waals surface area contributed by atoms with Gasteiger partial charge in [-0.05, 0) is 42.8 Å². The second kappa shape index (κ2) is 5.09. The molecule has 0 fully saturated rings. The van der Waals surface area contributed by atoms with Crippen LogP contribution in [0.1, 0.15) is 5.56 Å². The lowest BCUT2D eigenvalue weighted by molar-refractivity contribution is 0.596. The lowest BCUT2D eigenvalue weighted by Gasteiger charge is -2.12. The van der Waals surface area contributed by atoms with Gasteiger partial charge in [-0.25, -0.2) is 17.2 Å². The number of anilines is 2. The van der Waals surface area contributed by atoms with Crippen LogP contribution in [0.3, 0.4) is 0 Å². The highest BCUT2D eigenvalue weighted by molar-refractivity contribution is 7.92. The molecular formula is C13H12F2N2O2S. The highest BCUT2D eigenvalue weighted by atomic mass is 32.2. The van der Waals surface area contributed by atoms with E-state index in [2.05, 4.69) is 4.72 Å². The van der Waals surface area contributed by atoms with Gasteiger partial charge in [0.25, 0.3) is 10.0 Å². The molecule has 0 aliphatic carbocycles. The molecule has 0 atom stereocenters. The molecule has 0 spiro atoms. The number of rotatable bonds is 3. The molecule has 0 saturated carbocycles. The lowest BCUT2D eigenvalue weighted by atomic mass is 10.2. The van der Waals surface area contributed by atoms with Crippen LogP contribution < -0.4 is 10.5 Å². The summed E-state index contributed by atoms with van der Waals surface area (Å²) in [5, 5.41) is 0. The number of aryl methyl sites for hydroxylation is 1. The van der Waals surface area contributed by atoms with E-state index >= 15 is 0 Å². The highest BCUT2D eigenvalue weighted by Gasteiger charge is 2.20. The number of nitrogens with two attached hydrogens (primary N) is 1. The lowest BCUT2D eigenvalue weighted by Crippen LogP contribution is -2.16. The van der Waals surface area contributed by atoms with Crippen LogP contribution in [0.5, 0.6) is 0 Å². The third-order valence-electron chi connectivity index (χ3n) is 2.71. The molecule has 0 unspecified atom stereocenters. The van der Waals surface area contributed by atoms with Crippen LogP contribution in [0.25, 0.3) is 0 Å². The standard InChI is InChI=1S/C13H12F2N2O2S/c1-8-7-9(14)5-6-12(8)20(18,19)17-13-10(15)3-2-4-11(13)16/h2-7,17H,16H2,1H3. The summed E-state index contributed by atoms with van der Waals surface area (Å²) in [6.07, 6.45) is 0. The molecule has 2 rings (SSSR count). The van der Waals surface area contributed by atoms with Crippen molar-refractivity contribution in [3.05, 3.63) is 53.6 Å². The molecule has 0 aliphatic heterocycles. The monoisotopic (exact) mass is 298 g/mol. The van der Waals surface area contributed by atoms with E-state index in [-0.39, 0.29) is 21.8 Å². The maximum absolute atomic E-state index is 13.6. The van der Waals surface area contributed by atoms with Crippen molar-refractivity contribution < 1.29 is 17.2 Å². The highest BCUT2D eigenvalue weighted by Crippen LogP contribution is 2.26. The quantitative estimate of drug-likeness (QED) is 0.856. The van der Waals surface area contributed by atoms with Gasteiger partial charge in [-0.2, -0.15) is 0 Å². The Labute approximate surface area is 115 Å². The molecule has 106 valence electrons. The number of halogens is 2. The fraction of sp³-hybridized carbons (Fsp3) is 0.0769. The van der Waals surface area contributed by atoms with E-state index in [1.54, 1.807) is 0 Å². The molecule has 4 nitrogen and oxygen atoms in total. The van der Waals surface area contributed by atoms with Crippen LogP contribution >= 0.6 is 0 Å². The van der Waals surface area contributed by atoms with E-state index in [0.29, 0.717) is 0 Å². The average Bonchev–Trinajstić information content (AvgIpc) is 2.33. The molecule has 0 radical (unpaired) electrons. The number of hydrogen-bond donors (Lipinski definition) is 2. The Morgan fingerprint density at radius 2 is 1.85 bits per heavy atom. The van der Waals surface area contributed by atoms with Gasteiger partial charge in [-0.1, -0.05) is 6.07 Å². The van der Waals surface area contributed by atoms with E-state index in [9.17, 15) is 17.2 Å². The number of hydrogen-bond acceptors (Lipinski definition) is 3. The van der Waals surface area contributed by atoms with Crippen molar-refractivity contribution in [1.82, 2.24) is 0 Å². The molecular weight excluding hydrogens is 286 g/mol. The minimum atomic E-state index is -4.04. The van der Waals surface area contributed by atoms with Gasteiger partial charge in [0, 0.05) is 0 Å². The van der Waals surface area contributed by atoms with Crippen LogP contribution in [0.15, 0.2) is 41.3 Å². The molecule has 2 aromatic rings. The average molecular weight is 298 g/mol. The molecule has 0 saturated heterocycles. The molecule has 0 amide bonds. The van der Waals surface area contributed by atoms with Crippen molar-refractivity contribution in [2.24, 2.45) is 0 Å². The van der Waals surface area contributed by atoms with Crippen molar-refractivity contribution in [1.29, 1.82) is 0 Å². The molecule has 20 heavy (non-hydrogen) atoms. The Kier molecular flexibility index (Phi) is 3.63. The van der Waals surface area contributed by atoms with Gasteiger partial charge in [0.1, 0.15) is 17.3 Å². The second-order valence-corrected chi connectivity index (χ2v) is 5.87. The third-order valence-corrected chi connectivity index (χ3v) is 4.22. The maximum Gasteiger partial charge on any atom is 0.262 e. The number of para-hydroxylation sites is 1. The Morgan fingerprint density at radius 3 is 2.45 bits per heavy atom. The van der Waals surface area contributed by atoms with Gasteiger partial charge in [-0.3, -0.25) is 4.72 Å². The topological polar surface area (TPSA) is 72.2 Å². The first-order chi connectivity index (χ1) is 9.31. The SMILES string of the molecule is Cc1cc(F)ccc1S(=O)(=O)Nc1c(N)cccc1F. The Hall–Kier alpha value is -2.15. The second-order valence-electron chi connectivity index (χ2n) is 4.22. The summed E-state index contributed by atoms with van der Waals surface area (Å²) in [4.78, 5) is -0.137. The molecule has 7 heteroatoms. The molecule has 0 aliphatic rings. The van der Waals surface area contributed by atoms with Crippen molar-refractivity contribution >= 4 is 21.4 Å². The maximum atomic E-state index is 13.6. The predicted molar refractivity (Wildman–Crippen MR) is 72.8 cm³/mol. The Bertz CT molecular complexity index is 741. The summed E-state index contributed by atoms with van der Waals surface area (Å²) in [6.45, 7) is 1.45. The first-order valence-electron chi connectivity index (χ1n) is 5.64. The van der Waals surface area contributed by atoms with Gasteiger partial charge < -0.3 is 5.73 Å². The summed E-state index contributed by atoms with van der Waals surface area (Å²) in [6, 6.07) is 7.05. The van der Waals surface area contributed by atoms with Crippen molar-refractivity contribution in [3.63, 3.8) is 0 Å². The summed E-state index contributed by atoms with van der Waals surface area (Å²) in [7, 11) is -4.04. The normalized spacial score (nSPS) is 11.3. The van der Waals surface area contributed by atoms with Crippen LogP contribution in [0, 0.1) is 18.6 Å². The summed E-state index contributed by atoms with van der Waals surface area (Å²) in [5.41, 5.74) is 5.40. The van der Waals surface area contributed by atoms with Gasteiger partial charge in [-0.15, -0.1) is 0 Å². The largest absolute Gasteiger partial charge is 0.397 e.